The fraction of sp³-hybridized carbons (Fsp3) is 0.182. The second kappa shape index (κ2) is 7.85. The Morgan fingerprint density at radius 2 is 1.90 bits per heavy atom. The SMILES string of the molecule is COc1ccccc1/C(O)=C1\C(=O)C(=O)N(Cc2cccs2)C1c1sccc1C. The highest BCUT2D eigenvalue weighted by Gasteiger charge is 2.47. The number of aliphatic hydroxyl groups is 1. The van der Waals surface area contributed by atoms with Gasteiger partial charge in [-0.3, -0.25) is 9.59 Å². The second-order valence-corrected chi connectivity index (χ2v) is 8.65. The molecule has 2 aromatic heterocycles. The number of Topliss-reactive ketones (excluding diaryl/α,β-unsaturated/α-hetero) is 1. The quantitative estimate of drug-likeness (QED) is 0.364. The van der Waals surface area contributed by atoms with Gasteiger partial charge in [-0.15, -0.1) is 22.7 Å². The van der Waals surface area contributed by atoms with E-state index in [1.807, 2.05) is 35.9 Å². The molecule has 1 aliphatic rings. The fourth-order valence-corrected chi connectivity index (χ4v) is 5.29. The molecule has 3 heterocycles. The summed E-state index contributed by atoms with van der Waals surface area (Å²) in [5, 5.41) is 15.0. The summed E-state index contributed by atoms with van der Waals surface area (Å²) in [5.74, 6) is -1.06. The molecule has 1 saturated heterocycles. The largest absolute Gasteiger partial charge is 0.507 e. The van der Waals surface area contributed by atoms with Crippen molar-refractivity contribution in [1.29, 1.82) is 0 Å². The lowest BCUT2D eigenvalue weighted by molar-refractivity contribution is -0.140. The molecule has 0 spiro atoms. The highest BCUT2D eigenvalue weighted by Crippen LogP contribution is 2.44. The molecule has 29 heavy (non-hydrogen) atoms. The van der Waals surface area contributed by atoms with Gasteiger partial charge in [-0.1, -0.05) is 18.2 Å². The number of ether oxygens (including phenoxy) is 1. The van der Waals surface area contributed by atoms with Crippen molar-refractivity contribution in [2.24, 2.45) is 0 Å². The Labute approximate surface area is 176 Å². The van der Waals surface area contributed by atoms with Gasteiger partial charge in [0.1, 0.15) is 17.6 Å². The van der Waals surface area contributed by atoms with Gasteiger partial charge in [0.2, 0.25) is 0 Å². The van der Waals surface area contributed by atoms with Crippen molar-refractivity contribution in [1.82, 2.24) is 4.90 Å². The number of ketones is 1. The van der Waals surface area contributed by atoms with Crippen molar-refractivity contribution in [3.8, 4) is 5.75 Å². The van der Waals surface area contributed by atoms with Crippen LogP contribution >= 0.6 is 22.7 Å². The van der Waals surface area contributed by atoms with Gasteiger partial charge in [0, 0.05) is 9.75 Å². The number of nitrogens with zero attached hydrogens (tertiary/aromatic N) is 1. The van der Waals surface area contributed by atoms with E-state index in [1.165, 1.54) is 29.8 Å². The fourth-order valence-electron chi connectivity index (χ4n) is 3.54. The number of methoxy groups -OCH3 is 1. The van der Waals surface area contributed by atoms with Crippen LogP contribution in [0.25, 0.3) is 5.76 Å². The average Bonchev–Trinajstić information content (AvgIpc) is 3.45. The Bertz CT molecular complexity index is 1100. The lowest BCUT2D eigenvalue weighted by Crippen LogP contribution is -2.28. The number of amides is 1. The van der Waals surface area contributed by atoms with Crippen LogP contribution < -0.4 is 4.74 Å². The summed E-state index contributed by atoms with van der Waals surface area (Å²) < 4.78 is 5.35. The first kappa shape index (κ1) is 19.4. The number of rotatable bonds is 5. The van der Waals surface area contributed by atoms with Crippen molar-refractivity contribution in [3.05, 3.63) is 79.7 Å². The number of benzene rings is 1. The highest BCUT2D eigenvalue weighted by atomic mass is 32.1. The van der Waals surface area contributed by atoms with Gasteiger partial charge < -0.3 is 14.7 Å². The molecule has 4 rings (SSSR count). The molecule has 1 unspecified atom stereocenters. The summed E-state index contributed by atoms with van der Waals surface area (Å²) in [5.41, 5.74) is 1.47. The number of carbonyl (C=O) groups excluding carboxylic acids is 2. The van der Waals surface area contributed by atoms with E-state index in [1.54, 1.807) is 29.2 Å². The Morgan fingerprint density at radius 1 is 1.10 bits per heavy atom. The Morgan fingerprint density at radius 3 is 2.55 bits per heavy atom. The summed E-state index contributed by atoms with van der Waals surface area (Å²) in [4.78, 5) is 29.4. The summed E-state index contributed by atoms with van der Waals surface area (Å²) in [7, 11) is 1.50. The molecule has 0 saturated carbocycles. The zero-order chi connectivity index (χ0) is 20.5. The number of para-hydroxylation sites is 1. The Hall–Kier alpha value is -2.90. The average molecular weight is 426 g/mol. The standard InChI is InChI=1S/C22H19NO4S2/c1-13-9-11-29-21(13)18-17(19(24)15-7-3-4-8-16(15)27-2)20(25)22(26)23(18)12-14-6-5-10-28-14/h3-11,18,24H,12H2,1-2H3/b19-17+. The third-order valence-corrected chi connectivity index (χ3v) is 6.89. The number of likely N-dealkylation sites (tertiary alicyclic amines) is 1. The molecule has 148 valence electrons. The first-order valence-corrected chi connectivity index (χ1v) is 10.8. The van der Waals surface area contributed by atoms with Crippen LogP contribution in [0.1, 0.15) is 26.9 Å². The van der Waals surface area contributed by atoms with E-state index in [4.69, 9.17) is 4.74 Å². The Kier molecular flexibility index (Phi) is 5.25. The second-order valence-electron chi connectivity index (χ2n) is 6.67. The maximum atomic E-state index is 13.0. The molecule has 0 bridgehead atoms. The molecular formula is C22H19NO4S2. The molecule has 1 aromatic carbocycles. The minimum absolute atomic E-state index is 0.0987. The van der Waals surface area contributed by atoms with E-state index in [9.17, 15) is 14.7 Å². The minimum Gasteiger partial charge on any atom is -0.507 e. The third kappa shape index (κ3) is 3.36. The van der Waals surface area contributed by atoms with Gasteiger partial charge in [0.25, 0.3) is 11.7 Å². The van der Waals surface area contributed by atoms with Gasteiger partial charge in [-0.25, -0.2) is 0 Å². The number of hydrogen-bond acceptors (Lipinski definition) is 6. The highest BCUT2D eigenvalue weighted by molar-refractivity contribution is 7.10. The molecular weight excluding hydrogens is 406 g/mol. The maximum absolute atomic E-state index is 13.0. The van der Waals surface area contributed by atoms with Crippen LogP contribution in [0.5, 0.6) is 5.75 Å². The van der Waals surface area contributed by atoms with Crippen LogP contribution in [0.2, 0.25) is 0 Å². The molecule has 3 aromatic rings. The number of thiophene rings is 2. The summed E-state index contributed by atoms with van der Waals surface area (Å²) in [6, 6.07) is 12.1. The van der Waals surface area contributed by atoms with Crippen molar-refractivity contribution in [2.75, 3.05) is 7.11 Å². The lowest BCUT2D eigenvalue weighted by Gasteiger charge is -2.24. The van der Waals surface area contributed by atoms with E-state index in [0.29, 0.717) is 17.9 Å². The normalized spacial score (nSPS) is 18.4. The summed E-state index contributed by atoms with van der Waals surface area (Å²) in [6.07, 6.45) is 0. The van der Waals surface area contributed by atoms with Crippen LogP contribution in [-0.4, -0.2) is 28.8 Å². The monoisotopic (exact) mass is 425 g/mol. The van der Waals surface area contributed by atoms with Gasteiger partial charge in [-0.2, -0.15) is 0 Å². The van der Waals surface area contributed by atoms with Crippen LogP contribution in [0, 0.1) is 6.92 Å². The van der Waals surface area contributed by atoms with Crippen LogP contribution in [-0.2, 0) is 16.1 Å². The molecule has 1 aliphatic heterocycles. The zero-order valence-electron chi connectivity index (χ0n) is 15.9. The molecule has 1 amide bonds. The number of hydrogen-bond donors (Lipinski definition) is 1. The van der Waals surface area contributed by atoms with Crippen molar-refractivity contribution < 1.29 is 19.4 Å². The van der Waals surface area contributed by atoms with Gasteiger partial charge >= 0.3 is 0 Å². The number of aryl methyl sites for hydroxylation is 1. The third-order valence-electron chi connectivity index (χ3n) is 4.96. The summed E-state index contributed by atoms with van der Waals surface area (Å²) >= 11 is 3.00. The first-order chi connectivity index (χ1) is 14.0. The van der Waals surface area contributed by atoms with E-state index in [2.05, 4.69) is 0 Å². The molecule has 0 aliphatic carbocycles. The first-order valence-electron chi connectivity index (χ1n) is 9.01. The van der Waals surface area contributed by atoms with Crippen molar-refractivity contribution in [3.63, 3.8) is 0 Å². The molecule has 0 radical (unpaired) electrons. The minimum atomic E-state index is -0.678. The van der Waals surface area contributed by atoms with Crippen molar-refractivity contribution in [2.45, 2.75) is 19.5 Å². The Balaban J connectivity index is 1.90. The molecule has 1 fully saturated rings. The van der Waals surface area contributed by atoms with Gasteiger partial charge in [0.15, 0.2) is 0 Å². The smallest absolute Gasteiger partial charge is 0.296 e. The predicted octanol–water partition coefficient (Wildman–Crippen LogP) is 4.75. The molecule has 1 atom stereocenters. The maximum Gasteiger partial charge on any atom is 0.296 e. The van der Waals surface area contributed by atoms with E-state index in [-0.39, 0.29) is 11.3 Å². The summed E-state index contributed by atoms with van der Waals surface area (Å²) in [6.45, 7) is 2.26. The van der Waals surface area contributed by atoms with Gasteiger partial charge in [-0.05, 0) is 47.5 Å². The molecule has 5 nitrogen and oxygen atoms in total. The van der Waals surface area contributed by atoms with Crippen LogP contribution in [0.4, 0.5) is 0 Å². The van der Waals surface area contributed by atoms with E-state index < -0.39 is 17.7 Å². The molecule has 1 N–H and O–H groups in total. The van der Waals surface area contributed by atoms with Gasteiger partial charge in [0.05, 0.1) is 24.8 Å². The number of carbonyl (C=O) groups is 2. The van der Waals surface area contributed by atoms with E-state index >= 15 is 0 Å². The zero-order valence-corrected chi connectivity index (χ0v) is 17.5. The van der Waals surface area contributed by atoms with E-state index in [0.717, 1.165) is 15.3 Å². The lowest BCUT2D eigenvalue weighted by atomic mass is 9.98. The van der Waals surface area contributed by atoms with Crippen LogP contribution in [0.3, 0.4) is 0 Å². The topological polar surface area (TPSA) is 66.8 Å². The number of aliphatic hydroxyl groups excluding tert-OH is 1. The molecule has 7 heteroatoms. The van der Waals surface area contributed by atoms with Crippen LogP contribution in [0.15, 0.2) is 58.8 Å². The predicted molar refractivity (Wildman–Crippen MR) is 114 cm³/mol. The van der Waals surface area contributed by atoms with Crippen molar-refractivity contribution >= 4 is 40.1 Å².